The summed E-state index contributed by atoms with van der Waals surface area (Å²) >= 11 is 0. The predicted molar refractivity (Wildman–Crippen MR) is 93.2 cm³/mol. The van der Waals surface area contributed by atoms with E-state index in [-0.39, 0.29) is 0 Å². The van der Waals surface area contributed by atoms with Crippen molar-refractivity contribution in [3.05, 3.63) is 54.1 Å². The molecule has 0 bridgehead atoms. The number of aromatic amines is 1. The van der Waals surface area contributed by atoms with E-state index in [4.69, 9.17) is 0 Å². The van der Waals surface area contributed by atoms with E-state index in [2.05, 4.69) is 45.6 Å². The van der Waals surface area contributed by atoms with E-state index in [0.717, 1.165) is 30.2 Å². The predicted octanol–water partition coefficient (Wildman–Crippen LogP) is 3.59. The van der Waals surface area contributed by atoms with Gasteiger partial charge in [-0.25, -0.2) is 4.98 Å². The van der Waals surface area contributed by atoms with Crippen LogP contribution in [0.25, 0.3) is 0 Å². The number of fused-ring (bicyclic) bond motifs is 1. The molecule has 2 fully saturated rings. The quantitative estimate of drug-likeness (QED) is 0.886. The molecule has 122 valence electrons. The number of aryl methyl sites for hydroxylation is 1. The maximum atomic E-state index is 4.14. The number of hydrogen-bond acceptors (Lipinski definition) is 2. The average Bonchev–Trinajstić information content (AvgIpc) is 3.23. The Kier molecular flexibility index (Phi) is 4.47. The zero-order chi connectivity index (χ0) is 15.5. The molecule has 2 N–H and O–H groups in total. The number of rotatable bonds is 5. The molecule has 1 aliphatic carbocycles. The van der Waals surface area contributed by atoms with E-state index in [1.165, 1.54) is 49.9 Å². The van der Waals surface area contributed by atoms with Gasteiger partial charge in [-0.2, -0.15) is 0 Å². The van der Waals surface area contributed by atoms with Crippen LogP contribution in [0.1, 0.15) is 36.9 Å². The van der Waals surface area contributed by atoms with Gasteiger partial charge in [0.05, 0.1) is 6.33 Å². The third-order valence-corrected chi connectivity index (χ3v) is 5.96. The highest BCUT2D eigenvalue weighted by Gasteiger charge is 2.39. The summed E-state index contributed by atoms with van der Waals surface area (Å²) in [5.41, 5.74) is 2.79. The normalized spacial score (nSPS) is 30.3. The summed E-state index contributed by atoms with van der Waals surface area (Å²) in [5.74, 6) is 2.58. The van der Waals surface area contributed by atoms with E-state index in [0.29, 0.717) is 0 Å². The van der Waals surface area contributed by atoms with Crippen molar-refractivity contribution in [1.29, 1.82) is 0 Å². The Morgan fingerprint density at radius 2 is 2.04 bits per heavy atom. The Morgan fingerprint density at radius 1 is 1.13 bits per heavy atom. The van der Waals surface area contributed by atoms with Crippen LogP contribution >= 0.6 is 0 Å². The minimum Gasteiger partial charge on any atom is -0.348 e. The van der Waals surface area contributed by atoms with Crippen molar-refractivity contribution in [2.45, 2.75) is 44.6 Å². The second kappa shape index (κ2) is 6.88. The van der Waals surface area contributed by atoms with Crippen molar-refractivity contribution >= 4 is 0 Å². The van der Waals surface area contributed by atoms with Crippen LogP contribution in [0, 0.1) is 17.8 Å². The largest absolute Gasteiger partial charge is 0.348 e. The standard InChI is InChI=1S/C20H27N3/c1-2-4-15(5-3-1)10-16-6-9-20-19(11-16)17(12-22-20)7-8-18-13-21-14-23-18/h1-5,13-14,16-17,19-20,22H,6-12H2,(H,21,23)/t16?,17-,19-,20+/m0/s1. The van der Waals surface area contributed by atoms with Crippen LogP contribution in [0.3, 0.4) is 0 Å². The van der Waals surface area contributed by atoms with Crippen molar-refractivity contribution in [2.75, 3.05) is 6.54 Å². The first kappa shape index (κ1) is 14.9. The Labute approximate surface area is 138 Å². The molecule has 1 saturated heterocycles. The van der Waals surface area contributed by atoms with Crippen molar-refractivity contribution in [3.8, 4) is 0 Å². The summed E-state index contributed by atoms with van der Waals surface area (Å²) in [6, 6.07) is 11.8. The number of nitrogens with one attached hydrogen (secondary N) is 2. The zero-order valence-electron chi connectivity index (χ0n) is 13.7. The van der Waals surface area contributed by atoms with Gasteiger partial charge in [-0.05, 0) is 68.4 Å². The Balaban J connectivity index is 1.35. The van der Waals surface area contributed by atoms with Crippen LogP contribution in [0.2, 0.25) is 0 Å². The van der Waals surface area contributed by atoms with Gasteiger partial charge in [0.25, 0.3) is 0 Å². The van der Waals surface area contributed by atoms with Gasteiger partial charge in [-0.1, -0.05) is 30.3 Å². The first-order chi connectivity index (χ1) is 11.4. The number of aromatic nitrogens is 2. The van der Waals surface area contributed by atoms with Crippen LogP contribution in [-0.4, -0.2) is 22.6 Å². The molecule has 4 rings (SSSR count). The zero-order valence-corrected chi connectivity index (χ0v) is 13.7. The fourth-order valence-corrected chi connectivity index (χ4v) is 4.74. The topological polar surface area (TPSA) is 40.7 Å². The Hall–Kier alpha value is -1.61. The molecule has 23 heavy (non-hydrogen) atoms. The first-order valence-electron chi connectivity index (χ1n) is 9.13. The van der Waals surface area contributed by atoms with Gasteiger partial charge in [-0.3, -0.25) is 0 Å². The van der Waals surface area contributed by atoms with E-state index in [1.807, 2.05) is 6.20 Å². The number of hydrogen-bond donors (Lipinski definition) is 2. The second-order valence-electron chi connectivity index (χ2n) is 7.42. The van der Waals surface area contributed by atoms with Gasteiger partial charge in [-0.15, -0.1) is 0 Å². The third-order valence-electron chi connectivity index (χ3n) is 5.96. The van der Waals surface area contributed by atoms with E-state index >= 15 is 0 Å². The molecule has 0 spiro atoms. The molecule has 2 aliphatic rings. The molecule has 4 atom stereocenters. The van der Waals surface area contributed by atoms with Gasteiger partial charge < -0.3 is 10.3 Å². The molecule has 0 radical (unpaired) electrons. The SMILES string of the molecule is c1ccc(CC2CC[C@H]3NC[C@H](CCc4cnc[nH]4)[C@@H]3C2)cc1. The van der Waals surface area contributed by atoms with Gasteiger partial charge in [0.2, 0.25) is 0 Å². The Morgan fingerprint density at radius 3 is 2.87 bits per heavy atom. The number of benzene rings is 1. The van der Waals surface area contributed by atoms with Gasteiger partial charge in [0.1, 0.15) is 0 Å². The van der Waals surface area contributed by atoms with Gasteiger partial charge in [0.15, 0.2) is 0 Å². The van der Waals surface area contributed by atoms with Crippen LogP contribution < -0.4 is 5.32 Å². The fraction of sp³-hybridized carbons (Fsp3) is 0.550. The smallest absolute Gasteiger partial charge is 0.0921 e. The molecule has 1 unspecified atom stereocenters. The molecule has 2 heterocycles. The molecular weight excluding hydrogens is 282 g/mol. The number of H-pyrrole nitrogens is 1. The molecule has 3 heteroatoms. The number of imidazole rings is 1. The maximum absolute atomic E-state index is 4.14. The molecule has 2 aromatic rings. The summed E-state index contributed by atoms with van der Waals surface area (Å²) < 4.78 is 0. The first-order valence-corrected chi connectivity index (χ1v) is 9.13. The fourth-order valence-electron chi connectivity index (χ4n) is 4.74. The lowest BCUT2D eigenvalue weighted by Crippen LogP contribution is -2.34. The van der Waals surface area contributed by atoms with Crippen LogP contribution in [0.5, 0.6) is 0 Å². The Bertz CT molecular complexity index is 593. The molecule has 3 nitrogen and oxygen atoms in total. The van der Waals surface area contributed by atoms with Crippen LogP contribution in [0.15, 0.2) is 42.9 Å². The summed E-state index contributed by atoms with van der Waals surface area (Å²) in [4.78, 5) is 7.38. The lowest BCUT2D eigenvalue weighted by Gasteiger charge is -2.34. The summed E-state index contributed by atoms with van der Waals surface area (Å²) in [6.45, 7) is 1.21. The third kappa shape index (κ3) is 3.50. The molecule has 1 saturated carbocycles. The van der Waals surface area contributed by atoms with Gasteiger partial charge in [0, 0.05) is 17.9 Å². The summed E-state index contributed by atoms with van der Waals surface area (Å²) in [6.07, 6.45) is 11.6. The second-order valence-corrected chi connectivity index (χ2v) is 7.42. The molecule has 1 aromatic carbocycles. The summed E-state index contributed by atoms with van der Waals surface area (Å²) in [5, 5.41) is 3.80. The van der Waals surface area contributed by atoms with E-state index in [1.54, 1.807) is 6.33 Å². The van der Waals surface area contributed by atoms with Crippen molar-refractivity contribution in [1.82, 2.24) is 15.3 Å². The van der Waals surface area contributed by atoms with Crippen molar-refractivity contribution in [2.24, 2.45) is 17.8 Å². The highest BCUT2D eigenvalue weighted by molar-refractivity contribution is 5.15. The molecule has 1 aromatic heterocycles. The van der Waals surface area contributed by atoms with Crippen molar-refractivity contribution in [3.63, 3.8) is 0 Å². The monoisotopic (exact) mass is 309 g/mol. The molecule has 1 aliphatic heterocycles. The number of nitrogens with zero attached hydrogens (tertiary/aromatic N) is 1. The van der Waals surface area contributed by atoms with E-state index in [9.17, 15) is 0 Å². The van der Waals surface area contributed by atoms with Gasteiger partial charge >= 0.3 is 0 Å². The average molecular weight is 309 g/mol. The van der Waals surface area contributed by atoms with Crippen LogP contribution in [0.4, 0.5) is 0 Å². The minimum atomic E-state index is 0.772. The van der Waals surface area contributed by atoms with E-state index < -0.39 is 0 Å². The lowest BCUT2D eigenvalue weighted by molar-refractivity contribution is 0.204. The highest BCUT2D eigenvalue weighted by atomic mass is 15.0. The summed E-state index contributed by atoms with van der Waals surface area (Å²) in [7, 11) is 0. The van der Waals surface area contributed by atoms with Crippen LogP contribution in [-0.2, 0) is 12.8 Å². The van der Waals surface area contributed by atoms with Crippen molar-refractivity contribution < 1.29 is 0 Å². The minimum absolute atomic E-state index is 0.772. The maximum Gasteiger partial charge on any atom is 0.0921 e. The molecular formula is C20H27N3. The highest BCUT2D eigenvalue weighted by Crippen LogP contribution is 2.40. The lowest BCUT2D eigenvalue weighted by atomic mass is 9.72. The molecule has 0 amide bonds.